The van der Waals surface area contributed by atoms with Gasteiger partial charge < -0.3 is 10.1 Å². The zero-order chi connectivity index (χ0) is 20.7. The molecule has 0 radical (unpaired) electrons. The summed E-state index contributed by atoms with van der Waals surface area (Å²) in [5.74, 6) is 3.83. The molecule has 0 aromatic heterocycles. The first-order chi connectivity index (χ1) is 14.5. The van der Waals surface area contributed by atoms with Crippen molar-refractivity contribution in [2.75, 3.05) is 0 Å². The van der Waals surface area contributed by atoms with Gasteiger partial charge in [0.2, 0.25) is 0 Å². The van der Waals surface area contributed by atoms with Gasteiger partial charge in [0.15, 0.2) is 0 Å². The Labute approximate surface area is 190 Å². The molecule has 4 bridgehead atoms. The van der Waals surface area contributed by atoms with E-state index in [1.165, 1.54) is 38.5 Å². The molecular formula is C26H31Cl2NO. The van der Waals surface area contributed by atoms with E-state index in [1.54, 1.807) is 0 Å². The Balaban J connectivity index is 1.25. The van der Waals surface area contributed by atoms with Gasteiger partial charge in [0.1, 0.15) is 12.4 Å². The topological polar surface area (TPSA) is 21.3 Å². The van der Waals surface area contributed by atoms with Gasteiger partial charge in [0, 0.05) is 28.2 Å². The summed E-state index contributed by atoms with van der Waals surface area (Å²) < 4.78 is 6.16. The van der Waals surface area contributed by atoms with Crippen LogP contribution in [0, 0.1) is 23.2 Å². The Morgan fingerprint density at radius 3 is 2.17 bits per heavy atom. The van der Waals surface area contributed by atoms with E-state index in [2.05, 4.69) is 12.2 Å². The molecular weight excluding hydrogens is 413 g/mol. The molecule has 0 amide bonds. The number of benzene rings is 2. The van der Waals surface area contributed by atoms with E-state index < -0.39 is 0 Å². The third kappa shape index (κ3) is 4.24. The second-order valence-corrected chi connectivity index (χ2v) is 10.9. The maximum Gasteiger partial charge on any atom is 0.124 e. The normalized spacial score (nSPS) is 30.4. The quantitative estimate of drug-likeness (QED) is 0.485. The van der Waals surface area contributed by atoms with Gasteiger partial charge in [-0.25, -0.2) is 0 Å². The van der Waals surface area contributed by atoms with Crippen molar-refractivity contribution in [3.05, 3.63) is 63.6 Å². The summed E-state index contributed by atoms with van der Waals surface area (Å²) in [5.41, 5.74) is 2.74. The summed E-state index contributed by atoms with van der Waals surface area (Å²) >= 11 is 12.3. The molecule has 2 nitrogen and oxygen atoms in total. The molecule has 4 fully saturated rings. The van der Waals surface area contributed by atoms with Crippen LogP contribution in [0.15, 0.2) is 42.5 Å². The second-order valence-electron chi connectivity index (χ2n) is 10.0. The number of hydrogen-bond acceptors (Lipinski definition) is 2. The summed E-state index contributed by atoms with van der Waals surface area (Å²) in [7, 11) is 0. The van der Waals surface area contributed by atoms with E-state index in [0.717, 1.165) is 51.2 Å². The molecule has 0 aliphatic heterocycles. The van der Waals surface area contributed by atoms with Gasteiger partial charge in [-0.1, -0.05) is 35.3 Å². The minimum atomic E-state index is 0.498. The summed E-state index contributed by atoms with van der Waals surface area (Å²) in [6.07, 6.45) is 8.72. The average Bonchev–Trinajstić information content (AvgIpc) is 2.71. The van der Waals surface area contributed by atoms with Crippen molar-refractivity contribution in [2.24, 2.45) is 23.2 Å². The van der Waals surface area contributed by atoms with Crippen molar-refractivity contribution in [2.45, 2.75) is 64.6 Å². The highest BCUT2D eigenvalue weighted by atomic mass is 35.5. The van der Waals surface area contributed by atoms with Gasteiger partial charge in [0.25, 0.3) is 0 Å². The molecule has 4 saturated carbocycles. The van der Waals surface area contributed by atoms with Crippen molar-refractivity contribution >= 4 is 23.2 Å². The molecule has 4 aliphatic rings. The van der Waals surface area contributed by atoms with Gasteiger partial charge in [-0.15, -0.1) is 0 Å². The van der Waals surface area contributed by atoms with Crippen molar-refractivity contribution in [1.29, 1.82) is 0 Å². The van der Waals surface area contributed by atoms with Crippen LogP contribution in [0.5, 0.6) is 5.75 Å². The van der Waals surface area contributed by atoms with Crippen LogP contribution in [0.4, 0.5) is 0 Å². The van der Waals surface area contributed by atoms with Crippen LogP contribution in [0.25, 0.3) is 0 Å². The molecule has 2 aromatic rings. The van der Waals surface area contributed by atoms with Crippen LogP contribution < -0.4 is 10.1 Å². The zero-order valence-electron chi connectivity index (χ0n) is 17.7. The van der Waals surface area contributed by atoms with Gasteiger partial charge in [-0.05, 0) is 105 Å². The number of halogens is 2. The number of ether oxygens (including phenoxy) is 1. The average molecular weight is 444 g/mol. The molecule has 0 heterocycles. The van der Waals surface area contributed by atoms with Gasteiger partial charge in [-0.3, -0.25) is 0 Å². The molecule has 0 saturated heterocycles. The third-order valence-corrected chi connectivity index (χ3v) is 8.42. The molecule has 160 valence electrons. The van der Waals surface area contributed by atoms with Gasteiger partial charge >= 0.3 is 0 Å². The minimum Gasteiger partial charge on any atom is -0.489 e. The molecule has 2 aromatic carbocycles. The number of hydrogen-bond donors (Lipinski definition) is 1. The van der Waals surface area contributed by atoms with Crippen LogP contribution >= 0.6 is 23.2 Å². The van der Waals surface area contributed by atoms with Crippen molar-refractivity contribution in [3.8, 4) is 5.75 Å². The maximum absolute atomic E-state index is 6.33. The van der Waals surface area contributed by atoms with Gasteiger partial charge in [0.05, 0.1) is 0 Å². The van der Waals surface area contributed by atoms with Crippen LogP contribution in [-0.4, -0.2) is 6.04 Å². The lowest BCUT2D eigenvalue weighted by Gasteiger charge is -2.59. The lowest BCUT2D eigenvalue weighted by atomic mass is 9.48. The zero-order valence-corrected chi connectivity index (χ0v) is 19.2. The molecule has 4 heteroatoms. The van der Waals surface area contributed by atoms with Crippen LogP contribution in [0.3, 0.4) is 0 Å². The second kappa shape index (κ2) is 8.37. The fourth-order valence-electron chi connectivity index (χ4n) is 6.76. The number of nitrogens with one attached hydrogen (secondary N) is 1. The minimum absolute atomic E-state index is 0.498. The fourth-order valence-corrected chi connectivity index (χ4v) is 7.08. The van der Waals surface area contributed by atoms with E-state index in [4.69, 9.17) is 27.9 Å². The Kier molecular flexibility index (Phi) is 5.77. The molecule has 30 heavy (non-hydrogen) atoms. The highest BCUT2D eigenvalue weighted by molar-refractivity contribution is 6.30. The van der Waals surface area contributed by atoms with Crippen LogP contribution in [0.1, 0.15) is 56.6 Å². The molecule has 4 aliphatic carbocycles. The predicted octanol–water partition coefficient (Wildman–Crippen LogP) is 7.27. The first-order valence-corrected chi connectivity index (χ1v) is 12.1. The Hall–Kier alpha value is -1.22. The Bertz CT molecular complexity index is 859. The largest absolute Gasteiger partial charge is 0.489 e. The summed E-state index contributed by atoms with van der Waals surface area (Å²) in [6, 6.07) is 14.3. The smallest absolute Gasteiger partial charge is 0.124 e. The first kappa shape index (κ1) is 20.7. The first-order valence-electron chi connectivity index (χ1n) is 11.4. The number of rotatable bonds is 7. The standard InChI is InChI=1S/C26H31Cl2NO/c1-17(26-12-19-8-20(13-26)10-21(9-19)14-26)29-15-22-11-24(28)6-7-25(22)30-16-18-2-4-23(27)5-3-18/h2-7,11,17,19-21,29H,8-10,12-16H2,1H3. The highest BCUT2D eigenvalue weighted by Gasteiger charge is 2.52. The highest BCUT2D eigenvalue weighted by Crippen LogP contribution is 2.61. The summed E-state index contributed by atoms with van der Waals surface area (Å²) in [5, 5.41) is 5.37. The molecule has 1 N–H and O–H groups in total. The molecule has 1 atom stereocenters. The molecule has 1 unspecified atom stereocenters. The van der Waals surface area contributed by atoms with Crippen LogP contribution in [-0.2, 0) is 13.2 Å². The van der Waals surface area contributed by atoms with Crippen molar-refractivity contribution in [1.82, 2.24) is 5.32 Å². The fraction of sp³-hybridized carbons (Fsp3) is 0.538. The monoisotopic (exact) mass is 443 g/mol. The van der Waals surface area contributed by atoms with E-state index >= 15 is 0 Å². The lowest BCUT2D eigenvalue weighted by molar-refractivity contribution is -0.0706. The Morgan fingerprint density at radius 1 is 0.933 bits per heavy atom. The molecule has 6 rings (SSSR count). The summed E-state index contributed by atoms with van der Waals surface area (Å²) in [4.78, 5) is 0. The molecule has 0 spiro atoms. The lowest BCUT2D eigenvalue weighted by Crippen LogP contribution is -2.54. The van der Waals surface area contributed by atoms with E-state index in [-0.39, 0.29) is 0 Å². The van der Waals surface area contributed by atoms with Crippen molar-refractivity contribution in [3.63, 3.8) is 0 Å². The van der Waals surface area contributed by atoms with E-state index in [0.29, 0.717) is 18.1 Å². The van der Waals surface area contributed by atoms with E-state index in [1.807, 2.05) is 42.5 Å². The third-order valence-electron chi connectivity index (χ3n) is 7.93. The van der Waals surface area contributed by atoms with Gasteiger partial charge in [-0.2, -0.15) is 0 Å². The SMILES string of the molecule is CC(NCc1cc(Cl)ccc1OCc1ccc(Cl)cc1)C12CC3CC(CC(C3)C1)C2. The summed E-state index contributed by atoms with van der Waals surface area (Å²) in [6.45, 7) is 3.72. The van der Waals surface area contributed by atoms with Crippen molar-refractivity contribution < 1.29 is 4.74 Å². The Morgan fingerprint density at radius 2 is 1.53 bits per heavy atom. The maximum atomic E-state index is 6.33. The van der Waals surface area contributed by atoms with E-state index in [9.17, 15) is 0 Å². The predicted molar refractivity (Wildman–Crippen MR) is 124 cm³/mol. The van der Waals surface area contributed by atoms with Crippen LogP contribution in [0.2, 0.25) is 10.0 Å².